The van der Waals surface area contributed by atoms with Crippen molar-refractivity contribution in [3.63, 3.8) is 0 Å². The van der Waals surface area contributed by atoms with Gasteiger partial charge in [-0.1, -0.05) is 60.7 Å². The molecule has 0 bridgehead atoms. The molecule has 0 saturated heterocycles. The molecule has 0 saturated carbocycles. The Morgan fingerprint density at radius 1 is 0.600 bits per heavy atom. The highest BCUT2D eigenvalue weighted by Crippen LogP contribution is 1.81. The Balaban J connectivity index is 1.81. The summed E-state index contributed by atoms with van der Waals surface area (Å²) < 4.78 is 3.47. The fourth-order valence-electron chi connectivity index (χ4n) is 1.22. The molecule has 0 heterocycles. The first kappa shape index (κ1) is 10.4. The van der Waals surface area contributed by atoms with Crippen molar-refractivity contribution in [3.05, 3.63) is 60.7 Å². The summed E-state index contributed by atoms with van der Waals surface area (Å²) in [6, 6.07) is 21.0. The Kier molecular flexibility index (Phi) is 3.90. The van der Waals surface area contributed by atoms with E-state index in [0.29, 0.717) is 19.4 Å². The molecule has 1 nitrogen and oxygen atoms in total. The SMILES string of the molecule is c1ccc([Si]N[Si]c2ccccc2)cc1. The topological polar surface area (TPSA) is 12.0 Å². The molecule has 0 unspecified atom stereocenters. The Morgan fingerprint density at radius 2 is 1.00 bits per heavy atom. The Bertz CT molecular complexity index is 349. The molecule has 15 heavy (non-hydrogen) atoms. The highest BCUT2D eigenvalue weighted by molar-refractivity contribution is 6.66. The van der Waals surface area contributed by atoms with E-state index in [1.54, 1.807) is 0 Å². The molecule has 0 aliphatic heterocycles. The van der Waals surface area contributed by atoms with Gasteiger partial charge in [0.05, 0.1) is 0 Å². The molecule has 0 aliphatic carbocycles. The van der Waals surface area contributed by atoms with E-state index in [1.807, 2.05) is 12.1 Å². The van der Waals surface area contributed by atoms with Gasteiger partial charge in [0.25, 0.3) is 0 Å². The summed E-state index contributed by atoms with van der Waals surface area (Å²) in [5.74, 6) is 0. The maximum atomic E-state index is 3.47. The Hall–Kier alpha value is -1.17. The van der Waals surface area contributed by atoms with E-state index in [0.717, 1.165) is 0 Å². The standard InChI is InChI=1S/C12H11NSi2/c1-3-7-11(8-4-1)14-13-15-12-9-5-2-6-10-12/h1-10,13H. The minimum Gasteiger partial charge on any atom is -0.356 e. The summed E-state index contributed by atoms with van der Waals surface area (Å²) in [7, 11) is 1.38. The molecule has 72 valence electrons. The highest BCUT2D eigenvalue weighted by atomic mass is 28.3. The van der Waals surface area contributed by atoms with Gasteiger partial charge in [0.1, 0.15) is 0 Å². The van der Waals surface area contributed by atoms with Gasteiger partial charge in [-0.15, -0.1) is 0 Å². The average Bonchev–Trinajstić information content (AvgIpc) is 2.32. The lowest BCUT2D eigenvalue weighted by atomic mass is 10.4. The monoisotopic (exact) mass is 225 g/mol. The molecule has 0 aliphatic rings. The molecule has 0 amide bonds. The normalized spacial score (nSPS) is 10.1. The average molecular weight is 225 g/mol. The third-order valence-corrected chi connectivity index (χ3v) is 4.21. The zero-order chi connectivity index (χ0) is 10.3. The number of nitrogens with one attached hydrogen (secondary N) is 1. The zero-order valence-electron chi connectivity index (χ0n) is 8.27. The van der Waals surface area contributed by atoms with Crippen LogP contribution < -0.4 is 15.0 Å². The van der Waals surface area contributed by atoms with Gasteiger partial charge in [0.15, 0.2) is 19.4 Å². The number of rotatable bonds is 4. The van der Waals surface area contributed by atoms with E-state index in [2.05, 4.69) is 53.2 Å². The van der Waals surface area contributed by atoms with Crippen LogP contribution in [0.25, 0.3) is 0 Å². The fraction of sp³-hybridized carbons (Fsp3) is 0. The Labute approximate surface area is 95.3 Å². The van der Waals surface area contributed by atoms with Gasteiger partial charge in [-0.05, 0) is 10.4 Å². The summed E-state index contributed by atoms with van der Waals surface area (Å²) in [6.45, 7) is 0. The van der Waals surface area contributed by atoms with Crippen LogP contribution >= 0.6 is 0 Å². The maximum absolute atomic E-state index is 3.47. The lowest BCUT2D eigenvalue weighted by Crippen LogP contribution is -2.38. The third-order valence-electron chi connectivity index (χ3n) is 1.96. The molecule has 2 rings (SSSR count). The summed E-state index contributed by atoms with van der Waals surface area (Å²) >= 11 is 0. The van der Waals surface area contributed by atoms with Crippen LogP contribution in [-0.2, 0) is 0 Å². The van der Waals surface area contributed by atoms with Gasteiger partial charge in [-0.2, -0.15) is 0 Å². The van der Waals surface area contributed by atoms with Gasteiger partial charge in [0, 0.05) is 0 Å². The molecule has 4 radical (unpaired) electrons. The van der Waals surface area contributed by atoms with Gasteiger partial charge in [-0.25, -0.2) is 0 Å². The summed E-state index contributed by atoms with van der Waals surface area (Å²) in [6.07, 6.45) is 0. The van der Waals surface area contributed by atoms with Crippen molar-refractivity contribution in [2.75, 3.05) is 0 Å². The molecule has 2 aromatic carbocycles. The minimum atomic E-state index is 0.692. The predicted octanol–water partition coefficient (Wildman–Crippen LogP) is 0.465. The predicted molar refractivity (Wildman–Crippen MR) is 66.8 cm³/mol. The van der Waals surface area contributed by atoms with Crippen LogP contribution in [0.1, 0.15) is 0 Å². The van der Waals surface area contributed by atoms with Crippen molar-refractivity contribution >= 4 is 29.7 Å². The third kappa shape index (κ3) is 3.47. The maximum Gasteiger partial charge on any atom is 0.172 e. The number of benzene rings is 2. The summed E-state index contributed by atoms with van der Waals surface area (Å²) in [5.41, 5.74) is 0. The fourth-order valence-corrected chi connectivity index (χ4v) is 3.34. The highest BCUT2D eigenvalue weighted by Gasteiger charge is 1.95. The molecule has 0 aromatic heterocycles. The van der Waals surface area contributed by atoms with Crippen molar-refractivity contribution in [1.82, 2.24) is 4.65 Å². The molecule has 0 atom stereocenters. The largest absolute Gasteiger partial charge is 0.356 e. The molecular formula is C12H11NSi2. The van der Waals surface area contributed by atoms with Crippen molar-refractivity contribution < 1.29 is 0 Å². The smallest absolute Gasteiger partial charge is 0.172 e. The zero-order valence-corrected chi connectivity index (χ0v) is 10.3. The van der Waals surface area contributed by atoms with Crippen molar-refractivity contribution in [2.45, 2.75) is 0 Å². The van der Waals surface area contributed by atoms with Crippen molar-refractivity contribution in [2.24, 2.45) is 0 Å². The van der Waals surface area contributed by atoms with E-state index in [-0.39, 0.29) is 0 Å². The second kappa shape index (κ2) is 5.65. The molecule has 0 fully saturated rings. The van der Waals surface area contributed by atoms with E-state index in [1.165, 1.54) is 10.4 Å². The summed E-state index contributed by atoms with van der Waals surface area (Å²) in [5, 5.41) is 2.72. The molecular weight excluding hydrogens is 214 g/mol. The van der Waals surface area contributed by atoms with Crippen molar-refractivity contribution in [1.29, 1.82) is 0 Å². The minimum absolute atomic E-state index is 0.692. The Morgan fingerprint density at radius 3 is 1.40 bits per heavy atom. The quantitative estimate of drug-likeness (QED) is 0.746. The van der Waals surface area contributed by atoms with Gasteiger partial charge >= 0.3 is 0 Å². The van der Waals surface area contributed by atoms with E-state index in [9.17, 15) is 0 Å². The van der Waals surface area contributed by atoms with Crippen LogP contribution in [-0.4, -0.2) is 19.4 Å². The second-order valence-corrected chi connectivity index (χ2v) is 5.76. The van der Waals surface area contributed by atoms with Crippen LogP contribution in [0.15, 0.2) is 60.7 Å². The van der Waals surface area contributed by atoms with E-state index in [4.69, 9.17) is 0 Å². The molecule has 1 N–H and O–H groups in total. The second-order valence-electron chi connectivity index (χ2n) is 3.11. The van der Waals surface area contributed by atoms with Gasteiger partial charge in [0.2, 0.25) is 0 Å². The van der Waals surface area contributed by atoms with Gasteiger partial charge < -0.3 is 4.65 Å². The first-order valence-corrected chi connectivity index (χ1v) is 6.82. The summed E-state index contributed by atoms with van der Waals surface area (Å²) in [4.78, 5) is 0. The molecule has 3 heteroatoms. The lowest BCUT2D eigenvalue weighted by Gasteiger charge is -2.01. The number of hydrogen-bond donors (Lipinski definition) is 1. The van der Waals surface area contributed by atoms with Crippen LogP contribution in [0.3, 0.4) is 0 Å². The first-order chi connectivity index (χ1) is 7.45. The lowest BCUT2D eigenvalue weighted by molar-refractivity contribution is 1.58. The van der Waals surface area contributed by atoms with Gasteiger partial charge in [-0.3, -0.25) is 0 Å². The molecule has 2 aromatic rings. The van der Waals surface area contributed by atoms with E-state index >= 15 is 0 Å². The van der Waals surface area contributed by atoms with Crippen LogP contribution in [0.2, 0.25) is 0 Å². The van der Waals surface area contributed by atoms with Crippen molar-refractivity contribution in [3.8, 4) is 0 Å². The van der Waals surface area contributed by atoms with Crippen LogP contribution in [0, 0.1) is 0 Å². The van der Waals surface area contributed by atoms with Crippen LogP contribution in [0.4, 0.5) is 0 Å². The first-order valence-electron chi connectivity index (χ1n) is 4.82. The number of hydrogen-bond acceptors (Lipinski definition) is 1. The molecule has 0 spiro atoms. The van der Waals surface area contributed by atoms with Crippen LogP contribution in [0.5, 0.6) is 0 Å². The van der Waals surface area contributed by atoms with E-state index < -0.39 is 0 Å².